The summed E-state index contributed by atoms with van der Waals surface area (Å²) >= 11 is 0. The highest BCUT2D eigenvalue weighted by Crippen LogP contribution is 2.32. The summed E-state index contributed by atoms with van der Waals surface area (Å²) in [6.07, 6.45) is 1.90. The molecule has 2 heteroatoms. The Hall–Kier alpha value is -2.22. The maximum absolute atomic E-state index is 4.58. The van der Waals surface area contributed by atoms with Crippen LogP contribution in [-0.4, -0.2) is 0 Å². The van der Waals surface area contributed by atoms with E-state index in [0.717, 1.165) is 16.1 Å². The summed E-state index contributed by atoms with van der Waals surface area (Å²) in [4.78, 5) is 0. The van der Waals surface area contributed by atoms with E-state index in [1.165, 1.54) is 50.1 Å². The Kier molecular flexibility index (Phi) is 5.31. The molecule has 0 saturated carbocycles. The molecule has 0 amide bonds. The van der Waals surface area contributed by atoms with Crippen molar-refractivity contribution >= 4 is 18.5 Å². The lowest BCUT2D eigenvalue weighted by Crippen LogP contribution is -2.23. The fraction of sp³-hybridized carbons (Fsp3) is 0.391. The molecule has 132 valence electrons. The molecule has 25 heavy (non-hydrogen) atoms. The van der Waals surface area contributed by atoms with Gasteiger partial charge in [-0.25, -0.2) is 0 Å². The summed E-state index contributed by atoms with van der Waals surface area (Å²) in [6.45, 7) is 23.5. The molecule has 2 aromatic carbocycles. The molecule has 0 aliphatic carbocycles. The van der Waals surface area contributed by atoms with E-state index >= 15 is 0 Å². The van der Waals surface area contributed by atoms with Gasteiger partial charge >= 0.3 is 0 Å². The van der Waals surface area contributed by atoms with Crippen LogP contribution in [0.15, 0.2) is 10.2 Å². The first kappa shape index (κ1) is 19.1. The van der Waals surface area contributed by atoms with Gasteiger partial charge in [0.1, 0.15) is 0 Å². The quantitative estimate of drug-likeness (QED) is 0.657. The summed E-state index contributed by atoms with van der Waals surface area (Å²) in [5.41, 5.74) is 12.3. The van der Waals surface area contributed by atoms with Crippen molar-refractivity contribution in [2.24, 2.45) is 10.2 Å². The van der Waals surface area contributed by atoms with E-state index < -0.39 is 0 Å². The first-order chi connectivity index (χ1) is 11.6. The van der Waals surface area contributed by atoms with E-state index in [9.17, 15) is 0 Å². The zero-order valence-electron chi connectivity index (χ0n) is 17.2. The molecule has 0 heterocycles. The number of rotatable bonds is 2. The topological polar surface area (TPSA) is 24.7 Å². The Labute approximate surface area is 152 Å². The zero-order chi connectivity index (χ0) is 19.0. The predicted molar refractivity (Wildman–Crippen MR) is 109 cm³/mol. The molecule has 0 radical (unpaired) electrons. The highest BCUT2D eigenvalue weighted by atomic mass is 15.1. The standard InChI is InChI=1S/C23H30N2/c1-12-14(3)18(7)22(19(8)15(12)4)11-24-25-23-20(9)16(5)13(2)17(6)21(23)10/h11H,1H2,2-10H3. The summed E-state index contributed by atoms with van der Waals surface area (Å²) in [7, 11) is 0. The van der Waals surface area contributed by atoms with Gasteiger partial charge in [0.25, 0.3) is 0 Å². The minimum absolute atomic E-state index is 0.995. The Morgan fingerprint density at radius 3 is 1.40 bits per heavy atom. The first-order valence-electron chi connectivity index (χ1n) is 8.82. The minimum atomic E-state index is 0.995. The summed E-state index contributed by atoms with van der Waals surface area (Å²) in [5, 5.41) is 11.3. The van der Waals surface area contributed by atoms with Gasteiger partial charge in [-0.3, -0.25) is 0 Å². The lowest BCUT2D eigenvalue weighted by atomic mass is 9.93. The molecule has 0 aliphatic rings. The smallest absolute Gasteiger partial charge is 0.0920 e. The van der Waals surface area contributed by atoms with Crippen LogP contribution in [0.3, 0.4) is 0 Å². The monoisotopic (exact) mass is 334 g/mol. The van der Waals surface area contributed by atoms with Crippen LogP contribution in [-0.2, 0) is 0 Å². The van der Waals surface area contributed by atoms with Gasteiger partial charge in [0.15, 0.2) is 0 Å². The molecule has 2 aromatic rings. The van der Waals surface area contributed by atoms with Gasteiger partial charge in [0.2, 0.25) is 0 Å². The Morgan fingerprint density at radius 1 is 0.560 bits per heavy atom. The van der Waals surface area contributed by atoms with Gasteiger partial charge in [-0.1, -0.05) is 6.58 Å². The molecule has 0 aliphatic heterocycles. The van der Waals surface area contributed by atoms with Gasteiger partial charge in [-0.05, 0) is 118 Å². The average Bonchev–Trinajstić information content (AvgIpc) is 2.60. The largest absolute Gasteiger partial charge is 0.158 e. The van der Waals surface area contributed by atoms with E-state index in [1.807, 2.05) is 6.20 Å². The van der Waals surface area contributed by atoms with Crippen LogP contribution in [0.1, 0.15) is 50.1 Å². The molecule has 0 atom stereocenters. The first-order valence-corrected chi connectivity index (χ1v) is 8.82. The predicted octanol–water partition coefficient (Wildman–Crippen LogP) is 5.39. The van der Waals surface area contributed by atoms with E-state index in [-0.39, 0.29) is 0 Å². The van der Waals surface area contributed by atoms with Crippen LogP contribution < -0.4 is 10.4 Å². The Morgan fingerprint density at radius 2 is 0.960 bits per heavy atom. The molecule has 0 N–H and O–H groups in total. The molecule has 0 spiro atoms. The van der Waals surface area contributed by atoms with E-state index in [2.05, 4.69) is 79.1 Å². The van der Waals surface area contributed by atoms with Gasteiger partial charge in [0, 0.05) is 5.22 Å². The molecule has 0 fully saturated rings. The highest BCUT2D eigenvalue weighted by molar-refractivity contribution is 5.61. The molecule has 0 saturated heterocycles. The van der Waals surface area contributed by atoms with Crippen molar-refractivity contribution < 1.29 is 0 Å². The maximum Gasteiger partial charge on any atom is 0.0920 e. The Balaban J connectivity index is 2.65. The van der Waals surface area contributed by atoms with Crippen LogP contribution in [0, 0.1) is 62.3 Å². The van der Waals surface area contributed by atoms with E-state index in [0.29, 0.717) is 0 Å². The van der Waals surface area contributed by atoms with Crippen molar-refractivity contribution in [3.8, 4) is 0 Å². The normalized spacial score (nSPS) is 11.4. The van der Waals surface area contributed by atoms with Crippen LogP contribution in [0.4, 0.5) is 5.69 Å². The minimum Gasteiger partial charge on any atom is -0.158 e. The van der Waals surface area contributed by atoms with E-state index in [1.54, 1.807) is 0 Å². The van der Waals surface area contributed by atoms with Gasteiger partial charge in [0.05, 0.1) is 11.9 Å². The maximum atomic E-state index is 4.58. The third kappa shape index (κ3) is 3.18. The summed E-state index contributed by atoms with van der Waals surface area (Å²) in [6, 6.07) is 0. The lowest BCUT2D eigenvalue weighted by Gasteiger charge is -2.14. The van der Waals surface area contributed by atoms with Gasteiger partial charge < -0.3 is 0 Å². The van der Waals surface area contributed by atoms with Crippen LogP contribution >= 0.6 is 0 Å². The number of azo groups is 1. The molecule has 2 rings (SSSR count). The van der Waals surface area contributed by atoms with Crippen molar-refractivity contribution in [2.45, 2.75) is 62.3 Å². The van der Waals surface area contributed by atoms with Crippen LogP contribution in [0.5, 0.6) is 0 Å². The molecule has 0 aromatic heterocycles. The second-order valence-corrected chi connectivity index (χ2v) is 7.21. The fourth-order valence-corrected chi connectivity index (χ4v) is 3.39. The number of hydrogen-bond donors (Lipinski definition) is 0. The van der Waals surface area contributed by atoms with Crippen LogP contribution in [0.25, 0.3) is 12.8 Å². The second-order valence-electron chi connectivity index (χ2n) is 7.21. The number of benzene rings is 2. The third-order valence-electron chi connectivity index (χ3n) is 6.14. The third-order valence-corrected chi connectivity index (χ3v) is 6.14. The Bertz CT molecular complexity index is 928. The summed E-state index contributed by atoms with van der Waals surface area (Å²) in [5.74, 6) is 0. The number of nitrogens with zero attached hydrogens (tertiary/aromatic N) is 2. The zero-order valence-corrected chi connectivity index (χ0v) is 17.2. The molecular weight excluding hydrogens is 304 g/mol. The van der Waals surface area contributed by atoms with Gasteiger partial charge in [-0.15, -0.1) is 0 Å². The summed E-state index contributed by atoms with van der Waals surface area (Å²) < 4.78 is 0. The van der Waals surface area contributed by atoms with Crippen molar-refractivity contribution in [1.29, 1.82) is 0 Å². The second kappa shape index (κ2) is 6.95. The van der Waals surface area contributed by atoms with Crippen LogP contribution in [0.2, 0.25) is 0 Å². The number of hydrogen-bond acceptors (Lipinski definition) is 2. The fourth-order valence-electron chi connectivity index (χ4n) is 3.39. The van der Waals surface area contributed by atoms with Gasteiger partial charge in [-0.2, -0.15) is 10.2 Å². The van der Waals surface area contributed by atoms with Crippen molar-refractivity contribution in [2.75, 3.05) is 0 Å². The van der Waals surface area contributed by atoms with E-state index in [4.69, 9.17) is 0 Å². The average molecular weight is 335 g/mol. The molecular formula is C23H30N2. The lowest BCUT2D eigenvalue weighted by molar-refractivity contribution is 1.12. The molecule has 0 bridgehead atoms. The van der Waals surface area contributed by atoms with Crippen molar-refractivity contribution in [1.82, 2.24) is 0 Å². The van der Waals surface area contributed by atoms with Crippen molar-refractivity contribution in [3.63, 3.8) is 0 Å². The van der Waals surface area contributed by atoms with Crippen molar-refractivity contribution in [3.05, 3.63) is 60.5 Å². The SMILES string of the molecule is C=c1c(C)c(C)c(=CN=Nc2c(C)c(C)c(C)c(C)c2C)c(C)c1C. The molecule has 2 nitrogen and oxygen atoms in total. The highest BCUT2D eigenvalue weighted by Gasteiger charge is 2.11. The molecule has 0 unspecified atom stereocenters.